The lowest BCUT2D eigenvalue weighted by Gasteiger charge is -2.03. The van der Waals surface area contributed by atoms with Crippen molar-refractivity contribution in [2.75, 3.05) is 5.73 Å². The van der Waals surface area contributed by atoms with Gasteiger partial charge >= 0.3 is 5.69 Å². The van der Waals surface area contributed by atoms with Gasteiger partial charge in [-0.15, -0.1) is 0 Å². The average molecular weight is 209 g/mol. The topological polar surface area (TPSA) is 82.0 Å². The van der Waals surface area contributed by atoms with Gasteiger partial charge in [0.15, 0.2) is 0 Å². The van der Waals surface area contributed by atoms with E-state index in [0.717, 1.165) is 19.3 Å². The Balaban J connectivity index is 2.86. The van der Waals surface area contributed by atoms with Crippen molar-refractivity contribution in [3.8, 4) is 0 Å². The number of hydrogen-bond acceptors (Lipinski definition) is 4. The Morgan fingerprint density at radius 2 is 2.27 bits per heavy atom. The zero-order valence-corrected chi connectivity index (χ0v) is 8.77. The van der Waals surface area contributed by atoms with Crippen molar-refractivity contribution in [2.24, 2.45) is 0 Å². The zero-order valence-electron chi connectivity index (χ0n) is 8.77. The quantitative estimate of drug-likeness (QED) is 0.458. The zero-order chi connectivity index (χ0) is 11.3. The minimum atomic E-state index is -0.455. The first kappa shape index (κ1) is 11.4. The van der Waals surface area contributed by atoms with Crippen molar-refractivity contribution >= 4 is 11.5 Å². The second-order valence-corrected chi connectivity index (χ2v) is 3.42. The molecule has 0 atom stereocenters. The minimum absolute atomic E-state index is 0.00833. The van der Waals surface area contributed by atoms with E-state index in [4.69, 9.17) is 5.73 Å². The van der Waals surface area contributed by atoms with Crippen LogP contribution in [0.4, 0.5) is 11.5 Å². The number of aromatic nitrogens is 1. The van der Waals surface area contributed by atoms with E-state index in [1.807, 2.05) is 0 Å². The summed E-state index contributed by atoms with van der Waals surface area (Å²) in [4.78, 5) is 14.0. The van der Waals surface area contributed by atoms with Gasteiger partial charge in [0.1, 0.15) is 0 Å². The van der Waals surface area contributed by atoms with E-state index in [9.17, 15) is 10.1 Å². The van der Waals surface area contributed by atoms with E-state index in [0.29, 0.717) is 12.0 Å². The average Bonchev–Trinajstić information content (AvgIpc) is 2.17. The van der Waals surface area contributed by atoms with Crippen LogP contribution in [0.25, 0.3) is 0 Å². The second kappa shape index (κ2) is 5.29. The maximum atomic E-state index is 10.8. The molecule has 0 aliphatic rings. The van der Waals surface area contributed by atoms with Crippen molar-refractivity contribution in [1.29, 1.82) is 0 Å². The van der Waals surface area contributed by atoms with Gasteiger partial charge in [0.25, 0.3) is 0 Å². The molecule has 0 unspecified atom stereocenters. The van der Waals surface area contributed by atoms with E-state index in [2.05, 4.69) is 11.9 Å². The van der Waals surface area contributed by atoms with Crippen molar-refractivity contribution in [2.45, 2.75) is 32.6 Å². The first-order valence-electron chi connectivity index (χ1n) is 5.04. The Morgan fingerprint density at radius 3 is 2.87 bits per heavy atom. The van der Waals surface area contributed by atoms with Crippen LogP contribution in [0.15, 0.2) is 12.3 Å². The monoisotopic (exact) mass is 209 g/mol. The summed E-state index contributed by atoms with van der Waals surface area (Å²) >= 11 is 0. The summed E-state index contributed by atoms with van der Waals surface area (Å²) in [6, 6.07) is 1.67. The molecule has 5 heteroatoms. The lowest BCUT2D eigenvalue weighted by molar-refractivity contribution is -0.384. The first-order valence-corrected chi connectivity index (χ1v) is 5.04. The lowest BCUT2D eigenvalue weighted by Crippen LogP contribution is -2.02. The summed E-state index contributed by atoms with van der Waals surface area (Å²) < 4.78 is 0. The number of anilines is 1. The third-order valence-corrected chi connectivity index (χ3v) is 2.27. The minimum Gasteiger partial charge on any atom is -0.378 e. The number of nitrogen functional groups attached to an aromatic ring is 1. The van der Waals surface area contributed by atoms with E-state index < -0.39 is 4.92 Å². The van der Waals surface area contributed by atoms with Gasteiger partial charge in [-0.1, -0.05) is 19.8 Å². The molecule has 0 bridgehead atoms. The van der Waals surface area contributed by atoms with E-state index in [1.165, 1.54) is 6.20 Å². The number of nitro groups is 1. The van der Waals surface area contributed by atoms with Gasteiger partial charge in [0, 0.05) is 11.8 Å². The Kier molecular flexibility index (Phi) is 4.03. The Hall–Kier alpha value is -1.65. The van der Waals surface area contributed by atoms with Crippen LogP contribution in [-0.4, -0.2) is 9.91 Å². The van der Waals surface area contributed by atoms with Gasteiger partial charge in [-0.2, -0.15) is 0 Å². The molecule has 15 heavy (non-hydrogen) atoms. The normalized spacial score (nSPS) is 10.2. The summed E-state index contributed by atoms with van der Waals surface area (Å²) in [6.07, 6.45) is 5.31. The molecule has 2 N–H and O–H groups in total. The fourth-order valence-electron chi connectivity index (χ4n) is 1.49. The third kappa shape index (κ3) is 2.90. The number of nitrogens with two attached hydrogens (primary N) is 1. The number of hydrogen-bond donors (Lipinski definition) is 1. The van der Waals surface area contributed by atoms with Crippen LogP contribution in [0.2, 0.25) is 0 Å². The predicted octanol–water partition coefficient (Wildman–Crippen LogP) is 2.30. The lowest BCUT2D eigenvalue weighted by atomic mass is 10.1. The van der Waals surface area contributed by atoms with Crippen LogP contribution in [0.3, 0.4) is 0 Å². The maximum Gasteiger partial charge on any atom is 0.314 e. The van der Waals surface area contributed by atoms with E-state index in [-0.39, 0.29) is 11.5 Å². The van der Waals surface area contributed by atoms with Gasteiger partial charge in [0.2, 0.25) is 5.82 Å². The molecule has 82 valence electrons. The molecule has 0 aromatic carbocycles. The van der Waals surface area contributed by atoms with Crippen molar-refractivity contribution in [3.05, 3.63) is 27.9 Å². The van der Waals surface area contributed by atoms with Gasteiger partial charge < -0.3 is 5.73 Å². The molecule has 5 nitrogen and oxygen atoms in total. The molecule has 1 heterocycles. The van der Waals surface area contributed by atoms with Gasteiger partial charge in [0.05, 0.1) is 4.92 Å². The van der Waals surface area contributed by atoms with Crippen LogP contribution >= 0.6 is 0 Å². The highest BCUT2D eigenvalue weighted by Crippen LogP contribution is 2.25. The second-order valence-electron chi connectivity index (χ2n) is 3.42. The fraction of sp³-hybridized carbons (Fsp3) is 0.500. The molecule has 0 amide bonds. The highest BCUT2D eigenvalue weighted by atomic mass is 16.6. The van der Waals surface area contributed by atoms with Crippen molar-refractivity contribution in [1.82, 2.24) is 4.98 Å². The maximum absolute atomic E-state index is 10.8. The SMILES string of the molecule is CCCCCc1ccnc(N)c1[N+](=O)[O-]. The smallest absolute Gasteiger partial charge is 0.314 e. The van der Waals surface area contributed by atoms with Gasteiger partial charge in [-0.3, -0.25) is 10.1 Å². The van der Waals surface area contributed by atoms with Gasteiger partial charge in [-0.05, 0) is 18.9 Å². The molecule has 0 saturated carbocycles. The highest BCUT2D eigenvalue weighted by molar-refractivity contribution is 5.57. The number of nitrogens with zero attached hydrogens (tertiary/aromatic N) is 2. The first-order chi connectivity index (χ1) is 7.16. The molecule has 1 rings (SSSR count). The molecule has 1 aromatic heterocycles. The van der Waals surface area contributed by atoms with Crippen molar-refractivity contribution < 1.29 is 4.92 Å². The Morgan fingerprint density at radius 1 is 1.53 bits per heavy atom. The number of rotatable bonds is 5. The van der Waals surface area contributed by atoms with Crippen LogP contribution in [-0.2, 0) is 6.42 Å². The molecule has 0 saturated heterocycles. The molecule has 0 radical (unpaired) electrons. The van der Waals surface area contributed by atoms with E-state index >= 15 is 0 Å². The molecule has 0 aliphatic heterocycles. The van der Waals surface area contributed by atoms with Crippen LogP contribution in [0.1, 0.15) is 31.7 Å². The summed E-state index contributed by atoms with van der Waals surface area (Å²) in [7, 11) is 0. The third-order valence-electron chi connectivity index (χ3n) is 2.27. The van der Waals surface area contributed by atoms with Crippen LogP contribution < -0.4 is 5.73 Å². The van der Waals surface area contributed by atoms with Crippen molar-refractivity contribution in [3.63, 3.8) is 0 Å². The van der Waals surface area contributed by atoms with Crippen LogP contribution in [0, 0.1) is 10.1 Å². The molecule has 1 aromatic rings. The number of pyridine rings is 1. The summed E-state index contributed by atoms with van der Waals surface area (Å²) in [5.74, 6) is 0.00833. The Labute approximate surface area is 88.5 Å². The molecular weight excluding hydrogens is 194 g/mol. The molecule has 0 fully saturated rings. The van der Waals surface area contributed by atoms with E-state index in [1.54, 1.807) is 6.07 Å². The summed E-state index contributed by atoms with van der Waals surface area (Å²) in [5, 5.41) is 10.8. The van der Waals surface area contributed by atoms with Gasteiger partial charge in [-0.25, -0.2) is 4.98 Å². The van der Waals surface area contributed by atoms with Crippen LogP contribution in [0.5, 0.6) is 0 Å². The highest BCUT2D eigenvalue weighted by Gasteiger charge is 2.17. The largest absolute Gasteiger partial charge is 0.378 e. The summed E-state index contributed by atoms with van der Waals surface area (Å²) in [6.45, 7) is 2.09. The fourth-order valence-corrected chi connectivity index (χ4v) is 1.49. The summed E-state index contributed by atoms with van der Waals surface area (Å²) in [5.41, 5.74) is 6.12. The molecular formula is C10H15N3O2. The number of aryl methyl sites for hydroxylation is 1. The molecule has 0 spiro atoms. The molecule has 0 aliphatic carbocycles. The number of unbranched alkanes of at least 4 members (excludes halogenated alkanes) is 2. The standard InChI is InChI=1S/C10H15N3O2/c1-2-3-4-5-8-6-7-12-10(11)9(8)13(14)15/h6-7H,2-5H2,1H3,(H2,11,12). The Bertz CT molecular complexity index is 353. The predicted molar refractivity (Wildman–Crippen MR) is 58.5 cm³/mol.